The molecule has 76 valence electrons. The van der Waals surface area contributed by atoms with E-state index in [4.69, 9.17) is 9.84 Å². The van der Waals surface area contributed by atoms with E-state index < -0.39 is 5.97 Å². The molecule has 13 heavy (non-hydrogen) atoms. The third-order valence-corrected chi connectivity index (χ3v) is 1.90. The number of carboxylic acid groups (broad SMARTS) is 1. The van der Waals surface area contributed by atoms with Crippen molar-refractivity contribution in [1.82, 2.24) is 0 Å². The van der Waals surface area contributed by atoms with Crippen molar-refractivity contribution in [3.63, 3.8) is 0 Å². The van der Waals surface area contributed by atoms with E-state index in [1.807, 2.05) is 0 Å². The van der Waals surface area contributed by atoms with Crippen molar-refractivity contribution in [3.8, 4) is 0 Å². The van der Waals surface area contributed by atoms with Crippen molar-refractivity contribution in [3.05, 3.63) is 0 Å². The molecule has 0 radical (unpaired) electrons. The van der Waals surface area contributed by atoms with Gasteiger partial charge in [-0.3, -0.25) is 9.59 Å². The van der Waals surface area contributed by atoms with E-state index in [-0.39, 0.29) is 18.1 Å². The zero-order chi connectivity index (χ0) is 10.3. The predicted octanol–water partition coefficient (Wildman–Crippen LogP) is 1.09. The molecular formula is C9H16O4. The average molecular weight is 188 g/mol. The fraction of sp³-hybridized carbons (Fsp3) is 0.778. The molecule has 4 nitrogen and oxygen atoms in total. The van der Waals surface area contributed by atoms with Crippen LogP contribution in [-0.4, -0.2) is 30.6 Å². The largest absolute Gasteiger partial charge is 0.481 e. The lowest BCUT2D eigenvalue weighted by molar-refractivity contribution is -0.140. The number of carbonyl (C=O) groups excluding carboxylic acids is 1. The highest BCUT2D eigenvalue weighted by Crippen LogP contribution is 2.12. The zero-order valence-corrected chi connectivity index (χ0v) is 8.08. The van der Waals surface area contributed by atoms with E-state index >= 15 is 0 Å². The Hall–Kier alpha value is -0.900. The van der Waals surface area contributed by atoms with E-state index in [0.29, 0.717) is 13.0 Å². The Morgan fingerprint density at radius 2 is 2.08 bits per heavy atom. The molecule has 0 rings (SSSR count). The molecule has 4 heteroatoms. The van der Waals surface area contributed by atoms with Crippen LogP contribution < -0.4 is 0 Å². The van der Waals surface area contributed by atoms with Crippen LogP contribution >= 0.6 is 0 Å². The standard InChI is InChI=1S/C9H16O4/c1-7(10)8(6-9(11)12)4-3-5-13-2/h8H,3-6H2,1-2H3,(H,11,12). The minimum absolute atomic E-state index is 0.0569. The van der Waals surface area contributed by atoms with Crippen LogP contribution in [0.5, 0.6) is 0 Å². The quantitative estimate of drug-likeness (QED) is 0.607. The molecular weight excluding hydrogens is 172 g/mol. The smallest absolute Gasteiger partial charge is 0.304 e. The van der Waals surface area contributed by atoms with E-state index in [1.54, 1.807) is 7.11 Å². The van der Waals surface area contributed by atoms with E-state index in [1.165, 1.54) is 6.92 Å². The van der Waals surface area contributed by atoms with Crippen LogP contribution in [0.3, 0.4) is 0 Å². The molecule has 0 aliphatic heterocycles. The van der Waals surface area contributed by atoms with E-state index in [2.05, 4.69) is 0 Å². The normalized spacial score (nSPS) is 12.5. The van der Waals surface area contributed by atoms with Gasteiger partial charge in [0.25, 0.3) is 0 Å². The van der Waals surface area contributed by atoms with Gasteiger partial charge in [-0.2, -0.15) is 0 Å². The van der Waals surface area contributed by atoms with Gasteiger partial charge in [-0.05, 0) is 19.8 Å². The highest BCUT2D eigenvalue weighted by atomic mass is 16.5. The Bertz CT molecular complexity index is 176. The van der Waals surface area contributed by atoms with Crippen LogP contribution in [0.15, 0.2) is 0 Å². The maximum absolute atomic E-state index is 11.0. The van der Waals surface area contributed by atoms with Crippen molar-refractivity contribution in [2.75, 3.05) is 13.7 Å². The number of carbonyl (C=O) groups is 2. The van der Waals surface area contributed by atoms with Crippen LogP contribution in [0.25, 0.3) is 0 Å². The average Bonchev–Trinajstić information content (AvgIpc) is 2.02. The van der Waals surface area contributed by atoms with Crippen LogP contribution in [0, 0.1) is 5.92 Å². The molecule has 1 N–H and O–H groups in total. The van der Waals surface area contributed by atoms with Gasteiger partial charge in [-0.1, -0.05) is 0 Å². The molecule has 0 saturated carbocycles. The Labute approximate surface area is 77.9 Å². The summed E-state index contributed by atoms with van der Waals surface area (Å²) in [4.78, 5) is 21.3. The predicted molar refractivity (Wildman–Crippen MR) is 47.5 cm³/mol. The zero-order valence-electron chi connectivity index (χ0n) is 8.08. The summed E-state index contributed by atoms with van der Waals surface area (Å²) >= 11 is 0. The summed E-state index contributed by atoms with van der Waals surface area (Å²) < 4.78 is 4.82. The highest BCUT2D eigenvalue weighted by Gasteiger charge is 2.17. The molecule has 0 spiro atoms. The van der Waals surface area contributed by atoms with E-state index in [9.17, 15) is 9.59 Å². The molecule has 0 amide bonds. The first kappa shape index (κ1) is 12.1. The van der Waals surface area contributed by atoms with E-state index in [0.717, 1.165) is 6.42 Å². The maximum atomic E-state index is 11.0. The monoisotopic (exact) mass is 188 g/mol. The van der Waals surface area contributed by atoms with Gasteiger partial charge in [0, 0.05) is 19.6 Å². The first-order valence-corrected chi connectivity index (χ1v) is 4.29. The Morgan fingerprint density at radius 3 is 2.46 bits per heavy atom. The molecule has 1 atom stereocenters. The number of methoxy groups -OCH3 is 1. The van der Waals surface area contributed by atoms with Crippen molar-refractivity contribution < 1.29 is 19.4 Å². The van der Waals surface area contributed by atoms with Gasteiger partial charge in [0.2, 0.25) is 0 Å². The molecule has 0 aromatic rings. The van der Waals surface area contributed by atoms with Gasteiger partial charge < -0.3 is 9.84 Å². The Morgan fingerprint density at radius 1 is 1.46 bits per heavy atom. The third kappa shape index (κ3) is 6.28. The summed E-state index contributed by atoms with van der Waals surface area (Å²) in [7, 11) is 1.58. The second-order valence-corrected chi connectivity index (χ2v) is 3.04. The molecule has 0 aromatic heterocycles. The van der Waals surface area contributed by atoms with Crippen LogP contribution in [-0.2, 0) is 14.3 Å². The molecule has 0 aliphatic rings. The van der Waals surface area contributed by atoms with Gasteiger partial charge in [0.05, 0.1) is 6.42 Å². The number of rotatable bonds is 7. The summed E-state index contributed by atoms with van der Waals surface area (Å²) in [5.41, 5.74) is 0. The molecule has 0 bridgehead atoms. The van der Waals surface area contributed by atoms with Crippen molar-refractivity contribution >= 4 is 11.8 Å². The lowest BCUT2D eigenvalue weighted by atomic mass is 9.96. The Kier molecular flexibility index (Phi) is 6.14. The minimum Gasteiger partial charge on any atom is -0.481 e. The number of hydrogen-bond donors (Lipinski definition) is 1. The number of Topliss-reactive ketones (excluding diaryl/α,β-unsaturated/α-hetero) is 1. The minimum atomic E-state index is -0.919. The molecule has 0 aromatic carbocycles. The van der Waals surface area contributed by atoms with Gasteiger partial charge in [-0.25, -0.2) is 0 Å². The fourth-order valence-corrected chi connectivity index (χ4v) is 1.13. The van der Waals surface area contributed by atoms with Gasteiger partial charge in [0.1, 0.15) is 5.78 Å². The summed E-state index contributed by atoms with van der Waals surface area (Å²) in [6, 6.07) is 0. The SMILES string of the molecule is COCCCC(CC(=O)O)C(C)=O. The third-order valence-electron chi connectivity index (χ3n) is 1.90. The second kappa shape index (κ2) is 6.60. The molecule has 0 fully saturated rings. The number of hydrogen-bond acceptors (Lipinski definition) is 3. The number of ketones is 1. The van der Waals surface area contributed by atoms with Crippen molar-refractivity contribution in [2.45, 2.75) is 26.2 Å². The van der Waals surface area contributed by atoms with Gasteiger partial charge in [-0.15, -0.1) is 0 Å². The summed E-state index contributed by atoms with van der Waals surface area (Å²) in [5, 5.41) is 8.51. The molecule has 1 unspecified atom stereocenters. The lowest BCUT2D eigenvalue weighted by Crippen LogP contribution is -2.16. The Balaban J connectivity index is 3.81. The first-order chi connectivity index (χ1) is 6.07. The van der Waals surface area contributed by atoms with Crippen LogP contribution in [0.4, 0.5) is 0 Å². The molecule has 0 saturated heterocycles. The topological polar surface area (TPSA) is 63.6 Å². The first-order valence-electron chi connectivity index (χ1n) is 4.29. The van der Waals surface area contributed by atoms with Crippen LogP contribution in [0.2, 0.25) is 0 Å². The summed E-state index contributed by atoms with van der Waals surface area (Å²) in [5.74, 6) is -1.33. The van der Waals surface area contributed by atoms with Crippen molar-refractivity contribution in [2.24, 2.45) is 5.92 Å². The van der Waals surface area contributed by atoms with Crippen molar-refractivity contribution in [1.29, 1.82) is 0 Å². The lowest BCUT2D eigenvalue weighted by Gasteiger charge is -2.09. The molecule has 0 aliphatic carbocycles. The number of aliphatic carboxylic acids is 1. The van der Waals surface area contributed by atoms with Gasteiger partial charge >= 0.3 is 5.97 Å². The number of ether oxygens (including phenoxy) is 1. The maximum Gasteiger partial charge on any atom is 0.304 e. The van der Waals surface area contributed by atoms with Gasteiger partial charge in [0.15, 0.2) is 0 Å². The van der Waals surface area contributed by atoms with Crippen LogP contribution in [0.1, 0.15) is 26.2 Å². The molecule has 0 heterocycles. The summed E-state index contributed by atoms with van der Waals surface area (Å²) in [6.07, 6.45) is 1.25. The highest BCUT2D eigenvalue weighted by molar-refractivity contribution is 5.82. The fourth-order valence-electron chi connectivity index (χ4n) is 1.13. The second-order valence-electron chi connectivity index (χ2n) is 3.04. The summed E-state index contributed by atoms with van der Waals surface area (Å²) in [6.45, 7) is 2.00. The number of carboxylic acids is 1.